The van der Waals surface area contributed by atoms with Gasteiger partial charge >= 0.3 is 0 Å². The van der Waals surface area contributed by atoms with Crippen LogP contribution in [0.15, 0.2) is 48.5 Å². The fraction of sp³-hybridized carbons (Fsp3) is 0.417. The van der Waals surface area contributed by atoms with Gasteiger partial charge in [0, 0.05) is 24.1 Å². The van der Waals surface area contributed by atoms with Crippen LogP contribution in [0.25, 0.3) is 0 Å². The number of ether oxygens (including phenoxy) is 1. The first-order valence-corrected chi connectivity index (χ1v) is 12.8. The number of anilines is 1. The molecule has 2 aromatic carbocycles. The molecule has 2 saturated heterocycles. The zero-order valence-electron chi connectivity index (χ0n) is 18.7. The van der Waals surface area contributed by atoms with Crippen LogP contribution in [0.2, 0.25) is 0 Å². The lowest BCUT2D eigenvalue weighted by Gasteiger charge is -2.35. The first kappa shape index (κ1) is 23.3. The fourth-order valence-corrected chi connectivity index (χ4v) is 5.99. The smallest absolute Gasteiger partial charge is 0.251 e. The minimum absolute atomic E-state index is 0.0464. The summed E-state index contributed by atoms with van der Waals surface area (Å²) in [5.41, 5.74) is 1.52. The van der Waals surface area contributed by atoms with E-state index in [1.165, 1.54) is 18.6 Å². The zero-order chi connectivity index (χ0) is 23.4. The van der Waals surface area contributed by atoms with E-state index in [4.69, 9.17) is 4.74 Å². The molecule has 1 unspecified atom stereocenters. The summed E-state index contributed by atoms with van der Waals surface area (Å²) < 4.78 is 30.9. The average Bonchev–Trinajstić information content (AvgIpc) is 3.12. The van der Waals surface area contributed by atoms with Crippen molar-refractivity contribution in [1.82, 2.24) is 10.2 Å². The van der Waals surface area contributed by atoms with Gasteiger partial charge in [0.05, 0.1) is 24.6 Å². The second-order valence-electron chi connectivity index (χ2n) is 8.34. The van der Waals surface area contributed by atoms with Crippen LogP contribution in [-0.4, -0.2) is 57.6 Å². The topological polar surface area (TPSA) is 96.0 Å². The Kier molecular flexibility index (Phi) is 6.99. The molecule has 4 rings (SSSR count). The zero-order valence-corrected chi connectivity index (χ0v) is 19.5. The SMILES string of the molecule is COc1ccccc1C(CNC(=O)c1cccc(N2C(=O)CCS2(=O)=O)c1)N1CCCCC1. The standard InChI is InChI=1S/C24H29N3O5S/c1-32-22-11-4-3-10-20(22)21(26-13-5-2-6-14-26)17-25-24(29)18-8-7-9-19(16-18)27-23(28)12-15-33(27,30)31/h3-4,7-11,16,21H,2,5-6,12-15,17H2,1H3,(H,25,29). The molecule has 2 heterocycles. The van der Waals surface area contributed by atoms with E-state index >= 15 is 0 Å². The molecule has 2 amide bonds. The summed E-state index contributed by atoms with van der Waals surface area (Å²) in [4.78, 5) is 27.5. The van der Waals surface area contributed by atoms with E-state index in [2.05, 4.69) is 10.2 Å². The van der Waals surface area contributed by atoms with E-state index in [1.807, 2.05) is 24.3 Å². The van der Waals surface area contributed by atoms with Gasteiger partial charge in [-0.15, -0.1) is 0 Å². The van der Waals surface area contributed by atoms with Crippen molar-refractivity contribution in [3.05, 3.63) is 59.7 Å². The first-order chi connectivity index (χ1) is 15.9. The molecule has 176 valence electrons. The van der Waals surface area contributed by atoms with Gasteiger partial charge in [-0.3, -0.25) is 14.5 Å². The second kappa shape index (κ2) is 9.93. The number of piperidine rings is 1. The molecule has 9 heteroatoms. The number of para-hydroxylation sites is 1. The number of hydrogen-bond donors (Lipinski definition) is 1. The number of nitrogens with zero attached hydrogens (tertiary/aromatic N) is 2. The third kappa shape index (κ3) is 5.04. The number of carbonyl (C=O) groups is 2. The predicted molar refractivity (Wildman–Crippen MR) is 126 cm³/mol. The monoisotopic (exact) mass is 471 g/mol. The molecule has 2 aliphatic heterocycles. The maximum absolute atomic E-state index is 13.0. The van der Waals surface area contributed by atoms with Gasteiger partial charge in [0.2, 0.25) is 15.9 Å². The van der Waals surface area contributed by atoms with Crippen molar-refractivity contribution in [3.8, 4) is 5.75 Å². The molecule has 0 radical (unpaired) electrons. The Balaban J connectivity index is 1.54. The Hall–Kier alpha value is -2.91. The van der Waals surface area contributed by atoms with Gasteiger partial charge in [0.25, 0.3) is 5.91 Å². The number of likely N-dealkylation sites (tertiary alicyclic amines) is 1. The van der Waals surface area contributed by atoms with Crippen molar-refractivity contribution >= 4 is 27.5 Å². The largest absolute Gasteiger partial charge is 0.496 e. The van der Waals surface area contributed by atoms with Crippen LogP contribution in [0.4, 0.5) is 5.69 Å². The number of rotatable bonds is 7. The fourth-order valence-electron chi connectivity index (χ4n) is 4.54. The Morgan fingerprint density at radius 3 is 2.55 bits per heavy atom. The molecule has 0 aliphatic carbocycles. The van der Waals surface area contributed by atoms with Crippen molar-refractivity contribution in [2.45, 2.75) is 31.7 Å². The van der Waals surface area contributed by atoms with Crippen molar-refractivity contribution in [1.29, 1.82) is 0 Å². The van der Waals surface area contributed by atoms with Gasteiger partial charge in [-0.25, -0.2) is 12.7 Å². The van der Waals surface area contributed by atoms with Gasteiger partial charge in [-0.1, -0.05) is 30.7 Å². The van der Waals surface area contributed by atoms with E-state index in [1.54, 1.807) is 19.2 Å². The Morgan fingerprint density at radius 2 is 1.85 bits per heavy atom. The minimum atomic E-state index is -3.68. The maximum atomic E-state index is 13.0. The Labute approximate surface area is 194 Å². The lowest BCUT2D eigenvalue weighted by Crippen LogP contribution is -2.40. The molecule has 2 fully saturated rings. The lowest BCUT2D eigenvalue weighted by molar-refractivity contribution is -0.116. The number of methoxy groups -OCH3 is 1. The minimum Gasteiger partial charge on any atom is -0.496 e. The van der Waals surface area contributed by atoms with Gasteiger partial charge in [-0.05, 0) is 50.2 Å². The molecule has 33 heavy (non-hydrogen) atoms. The molecule has 0 spiro atoms. The Bertz CT molecular complexity index is 1130. The number of hydrogen-bond acceptors (Lipinski definition) is 6. The molecule has 8 nitrogen and oxygen atoms in total. The summed E-state index contributed by atoms with van der Waals surface area (Å²) >= 11 is 0. The predicted octanol–water partition coefficient (Wildman–Crippen LogP) is 2.72. The summed E-state index contributed by atoms with van der Waals surface area (Å²) in [7, 11) is -2.04. The number of benzene rings is 2. The maximum Gasteiger partial charge on any atom is 0.251 e. The molecular weight excluding hydrogens is 442 g/mol. The van der Waals surface area contributed by atoms with E-state index in [-0.39, 0.29) is 29.8 Å². The second-order valence-corrected chi connectivity index (χ2v) is 10.3. The summed E-state index contributed by atoms with van der Waals surface area (Å²) in [5, 5.41) is 3.01. The highest BCUT2D eigenvalue weighted by Gasteiger charge is 2.36. The first-order valence-electron chi connectivity index (χ1n) is 11.2. The summed E-state index contributed by atoms with van der Waals surface area (Å²) in [6.07, 6.45) is 3.38. The molecule has 0 aromatic heterocycles. The van der Waals surface area contributed by atoms with Gasteiger partial charge in [0.1, 0.15) is 5.75 Å². The average molecular weight is 472 g/mol. The lowest BCUT2D eigenvalue weighted by atomic mass is 10.0. The van der Waals surface area contributed by atoms with E-state index in [9.17, 15) is 18.0 Å². The van der Waals surface area contributed by atoms with Crippen LogP contribution < -0.4 is 14.4 Å². The number of amides is 2. The van der Waals surface area contributed by atoms with Gasteiger partial charge in [0.15, 0.2) is 0 Å². The third-order valence-corrected chi connectivity index (χ3v) is 7.90. The quantitative estimate of drug-likeness (QED) is 0.667. The van der Waals surface area contributed by atoms with Crippen LogP contribution in [-0.2, 0) is 14.8 Å². The normalized spacial score (nSPS) is 19.3. The van der Waals surface area contributed by atoms with Crippen LogP contribution in [0.1, 0.15) is 47.6 Å². The highest BCUT2D eigenvalue weighted by Crippen LogP contribution is 2.31. The van der Waals surface area contributed by atoms with Crippen molar-refractivity contribution in [2.24, 2.45) is 0 Å². The highest BCUT2D eigenvalue weighted by atomic mass is 32.2. The van der Waals surface area contributed by atoms with Crippen molar-refractivity contribution in [3.63, 3.8) is 0 Å². The molecule has 2 aromatic rings. The van der Waals surface area contributed by atoms with Crippen LogP contribution >= 0.6 is 0 Å². The molecule has 0 saturated carbocycles. The van der Waals surface area contributed by atoms with Crippen LogP contribution in [0.3, 0.4) is 0 Å². The van der Waals surface area contributed by atoms with Crippen molar-refractivity contribution < 1.29 is 22.7 Å². The van der Waals surface area contributed by atoms with Crippen LogP contribution in [0, 0.1) is 0 Å². The molecule has 1 N–H and O–H groups in total. The number of nitrogens with one attached hydrogen (secondary N) is 1. The number of sulfonamides is 1. The van der Waals surface area contributed by atoms with Crippen molar-refractivity contribution in [2.75, 3.05) is 36.8 Å². The number of carbonyl (C=O) groups excluding carboxylic acids is 2. The van der Waals surface area contributed by atoms with E-state index in [0.717, 1.165) is 41.5 Å². The summed E-state index contributed by atoms with van der Waals surface area (Å²) in [6, 6.07) is 14.0. The molecular formula is C24H29N3O5S. The third-order valence-electron chi connectivity index (χ3n) is 6.21. The molecule has 2 aliphatic rings. The Morgan fingerprint density at radius 1 is 1.09 bits per heavy atom. The molecule has 0 bridgehead atoms. The van der Waals surface area contributed by atoms with Gasteiger partial charge < -0.3 is 10.1 Å². The summed E-state index contributed by atoms with van der Waals surface area (Å²) in [5.74, 6) is -0.229. The van der Waals surface area contributed by atoms with Crippen LogP contribution in [0.5, 0.6) is 5.75 Å². The van der Waals surface area contributed by atoms with Gasteiger partial charge in [-0.2, -0.15) is 0 Å². The highest BCUT2D eigenvalue weighted by molar-refractivity contribution is 7.94. The molecule has 1 atom stereocenters. The van der Waals surface area contributed by atoms with E-state index in [0.29, 0.717) is 12.1 Å². The van der Waals surface area contributed by atoms with E-state index < -0.39 is 15.9 Å². The summed E-state index contributed by atoms with van der Waals surface area (Å²) in [6.45, 7) is 2.27.